The summed E-state index contributed by atoms with van der Waals surface area (Å²) in [7, 11) is 0. The van der Waals surface area contributed by atoms with Gasteiger partial charge in [-0.05, 0) is 204 Å². The van der Waals surface area contributed by atoms with Crippen molar-refractivity contribution in [1.82, 2.24) is 0 Å². The van der Waals surface area contributed by atoms with Gasteiger partial charge in [-0.25, -0.2) is 0 Å². The topological polar surface area (TPSA) is 19.0 Å². The van der Waals surface area contributed by atoms with Crippen LogP contribution in [0.15, 0.2) is 140 Å². The number of para-hydroxylation sites is 1. The molecule has 71 heavy (non-hydrogen) atoms. The molecular weight excluding hydrogens is 862 g/mol. The van der Waals surface area contributed by atoms with Gasteiger partial charge in [-0.2, -0.15) is 0 Å². The first-order valence-electron chi connectivity index (χ1n) is 27.1. The van der Waals surface area contributed by atoms with E-state index in [-0.39, 0.29) is 17.5 Å². The fourth-order valence-corrected chi connectivity index (χ4v) is 13.2. The first-order valence-corrected chi connectivity index (χ1v) is 27.1. The molecule has 7 aromatic rings. The zero-order valence-electron chi connectivity index (χ0n) is 43.4. The van der Waals surface area contributed by atoms with Crippen LogP contribution in [0, 0.1) is 6.92 Å². The van der Waals surface area contributed by atoms with E-state index < -0.39 is 0 Å². The maximum atomic E-state index is 7.16. The Bertz CT molecular complexity index is 3240. The van der Waals surface area contributed by atoms with Gasteiger partial charge in [-0.1, -0.05) is 134 Å². The Labute approximate surface area is 424 Å². The predicted octanol–water partition coefficient (Wildman–Crippen LogP) is 16.5. The van der Waals surface area contributed by atoms with E-state index in [1.807, 2.05) is 0 Å². The number of anilines is 9. The maximum absolute atomic E-state index is 7.16. The molecule has 7 aromatic carbocycles. The third-order valence-electron chi connectivity index (χ3n) is 17.0. The highest BCUT2D eigenvalue weighted by molar-refractivity contribution is 7.00. The summed E-state index contributed by atoms with van der Waals surface area (Å²) in [6, 6.07) is 49.8. The van der Waals surface area contributed by atoms with Gasteiger partial charge in [-0.15, -0.1) is 0 Å². The van der Waals surface area contributed by atoms with Crippen molar-refractivity contribution in [2.24, 2.45) is 0 Å². The van der Waals surface area contributed by atoms with Crippen molar-refractivity contribution in [2.45, 2.75) is 143 Å². The van der Waals surface area contributed by atoms with Crippen LogP contribution in [0.1, 0.15) is 138 Å². The van der Waals surface area contributed by atoms with Gasteiger partial charge in [0.2, 0.25) is 0 Å². The lowest BCUT2D eigenvalue weighted by Gasteiger charge is -2.53. The minimum atomic E-state index is -0.0203. The van der Waals surface area contributed by atoms with Crippen molar-refractivity contribution < 1.29 is 4.74 Å². The molecule has 0 fully saturated rings. The van der Waals surface area contributed by atoms with E-state index in [9.17, 15) is 0 Å². The number of hydrogen-bond donors (Lipinski definition) is 0. The zero-order chi connectivity index (χ0) is 48.8. The SMILES string of the molecule is C=C(CCC)CCc1ccc2c(c1)B1c3cc(C)cc4c3N(c3ccc(CCCC)cc3O4)c3cc(N(c4ccccc4)c4ccc5c6c4CC6(C)CCC5(C)C)cc(c31)N2c1ccc(CCCC)cc1. The fourth-order valence-electron chi connectivity index (χ4n) is 13.2. The van der Waals surface area contributed by atoms with Gasteiger partial charge >= 0.3 is 0 Å². The molecule has 1 unspecified atom stereocenters. The van der Waals surface area contributed by atoms with E-state index in [2.05, 4.69) is 197 Å². The Morgan fingerprint density at radius 2 is 1.34 bits per heavy atom. The van der Waals surface area contributed by atoms with Gasteiger partial charge in [0.05, 0.1) is 17.1 Å². The van der Waals surface area contributed by atoms with Gasteiger partial charge in [0.25, 0.3) is 6.71 Å². The average molecular weight is 932 g/mol. The second-order valence-corrected chi connectivity index (χ2v) is 22.7. The average Bonchev–Trinajstić information content (AvgIpc) is 3.37. The molecule has 358 valence electrons. The minimum absolute atomic E-state index is 0.0203. The van der Waals surface area contributed by atoms with Crippen LogP contribution < -0.4 is 35.8 Å². The number of hydrogen-bond acceptors (Lipinski definition) is 4. The Morgan fingerprint density at radius 1 is 0.634 bits per heavy atom. The molecule has 4 nitrogen and oxygen atoms in total. The normalized spacial score (nSPS) is 17.0. The first-order chi connectivity index (χ1) is 34.5. The van der Waals surface area contributed by atoms with Crippen LogP contribution in [0.25, 0.3) is 0 Å². The second kappa shape index (κ2) is 17.7. The monoisotopic (exact) mass is 932 g/mol. The Balaban J connectivity index is 1.15. The quantitative estimate of drug-likeness (QED) is 0.0753. The van der Waals surface area contributed by atoms with Crippen molar-refractivity contribution in [3.05, 3.63) is 178 Å². The van der Waals surface area contributed by atoms with Crippen molar-refractivity contribution in [1.29, 1.82) is 0 Å². The number of benzene rings is 7. The third kappa shape index (κ3) is 7.55. The molecule has 5 heteroatoms. The highest BCUT2D eigenvalue weighted by Gasteiger charge is 2.50. The van der Waals surface area contributed by atoms with E-state index >= 15 is 0 Å². The molecule has 0 saturated carbocycles. The van der Waals surface area contributed by atoms with Crippen LogP contribution in [0.3, 0.4) is 0 Å². The summed E-state index contributed by atoms with van der Waals surface area (Å²) in [5, 5.41) is 0. The number of rotatable bonds is 15. The Kier molecular flexibility index (Phi) is 11.4. The summed E-state index contributed by atoms with van der Waals surface area (Å²) < 4.78 is 7.16. The second-order valence-electron chi connectivity index (χ2n) is 22.7. The number of unbranched alkanes of at least 4 members (excludes halogenated alkanes) is 2. The van der Waals surface area contributed by atoms with E-state index in [4.69, 9.17) is 4.74 Å². The van der Waals surface area contributed by atoms with Gasteiger partial charge in [0.15, 0.2) is 11.5 Å². The highest BCUT2D eigenvalue weighted by atomic mass is 16.5. The summed E-state index contributed by atoms with van der Waals surface area (Å²) in [6.07, 6.45) is 14.5. The minimum Gasteiger partial charge on any atom is -0.453 e. The summed E-state index contributed by atoms with van der Waals surface area (Å²) in [5.74, 6) is 1.86. The number of aryl methyl sites for hydroxylation is 4. The van der Waals surface area contributed by atoms with Crippen LogP contribution in [0.5, 0.6) is 11.5 Å². The number of ether oxygens (including phenoxy) is 1. The lowest BCUT2D eigenvalue weighted by atomic mass is 9.33. The summed E-state index contributed by atoms with van der Waals surface area (Å²) in [4.78, 5) is 7.79. The number of nitrogens with zero attached hydrogens (tertiary/aromatic N) is 3. The largest absolute Gasteiger partial charge is 0.453 e. The van der Waals surface area contributed by atoms with Gasteiger partial charge < -0.3 is 19.4 Å². The van der Waals surface area contributed by atoms with Crippen LogP contribution in [0.4, 0.5) is 51.2 Å². The number of fused-ring (bicyclic) bond motifs is 6. The highest BCUT2D eigenvalue weighted by Crippen LogP contribution is 2.60. The number of allylic oxidation sites excluding steroid dienone is 1. The molecule has 0 radical (unpaired) electrons. The molecular formula is C66H70BN3O. The lowest BCUT2D eigenvalue weighted by molar-refractivity contribution is 0.277. The molecule has 0 amide bonds. The molecule has 3 heterocycles. The van der Waals surface area contributed by atoms with Crippen molar-refractivity contribution in [3.8, 4) is 11.5 Å². The van der Waals surface area contributed by atoms with E-state index in [1.165, 1.54) is 115 Å². The smallest absolute Gasteiger partial charge is 0.252 e. The first kappa shape index (κ1) is 45.7. The predicted molar refractivity (Wildman–Crippen MR) is 303 cm³/mol. The fraction of sp³-hybridized carbons (Fsp3) is 0.333. The maximum Gasteiger partial charge on any atom is 0.252 e. The van der Waals surface area contributed by atoms with Crippen molar-refractivity contribution in [3.63, 3.8) is 0 Å². The van der Waals surface area contributed by atoms with Crippen LogP contribution in [-0.2, 0) is 36.5 Å². The molecule has 12 rings (SSSR count). The molecule has 0 bridgehead atoms. The van der Waals surface area contributed by atoms with Gasteiger partial charge in [0, 0.05) is 34.1 Å². The molecule has 0 saturated heterocycles. The molecule has 0 N–H and O–H groups in total. The Hall–Kier alpha value is -6.46. The van der Waals surface area contributed by atoms with Gasteiger partial charge in [0.1, 0.15) is 0 Å². The van der Waals surface area contributed by atoms with Gasteiger partial charge in [-0.3, -0.25) is 0 Å². The van der Waals surface area contributed by atoms with Crippen LogP contribution in [0.2, 0.25) is 0 Å². The molecule has 1 atom stereocenters. The van der Waals surface area contributed by atoms with E-state index in [0.29, 0.717) is 0 Å². The molecule has 5 aliphatic rings. The summed E-state index contributed by atoms with van der Waals surface area (Å²) >= 11 is 0. The summed E-state index contributed by atoms with van der Waals surface area (Å²) in [6.45, 7) is 21.0. The lowest BCUT2D eigenvalue weighted by Crippen LogP contribution is -2.61. The standard InChI is InChI=1S/C66H70BN3O/c1-9-12-18-45-24-28-49(29-25-45)69-56-31-26-47(23-22-43(4)17-11-3)38-53(56)67-54-36-44(5)37-61-64(54)70(57-32-27-46(19-13-10-2)39-60(57)71-61)59-41-50(40-58(69)63(59)67)68(48-20-15-14-16-21-48)55-33-30-52-62-51(55)42-66(62,8)35-34-65(52,6)7/h14-16,20-21,24-33,36-41H,4,9-13,17-19,22-23,34-35,42H2,1-3,5-8H3. The zero-order valence-corrected chi connectivity index (χ0v) is 43.4. The summed E-state index contributed by atoms with van der Waals surface area (Å²) in [5.41, 5.74) is 26.4. The molecule has 0 spiro atoms. The molecule has 2 aliphatic carbocycles. The van der Waals surface area contributed by atoms with Crippen molar-refractivity contribution in [2.75, 3.05) is 14.7 Å². The van der Waals surface area contributed by atoms with E-state index in [0.717, 1.165) is 86.3 Å². The van der Waals surface area contributed by atoms with Crippen LogP contribution in [-0.4, -0.2) is 6.71 Å². The Morgan fingerprint density at radius 3 is 2.08 bits per heavy atom. The van der Waals surface area contributed by atoms with E-state index in [1.54, 1.807) is 5.56 Å². The third-order valence-corrected chi connectivity index (χ3v) is 17.0. The van der Waals surface area contributed by atoms with Crippen molar-refractivity contribution >= 4 is 74.3 Å². The van der Waals surface area contributed by atoms with Crippen LogP contribution >= 0.6 is 0 Å². The molecule has 0 aromatic heterocycles. The molecule has 3 aliphatic heterocycles.